The molecule has 0 spiro atoms. The summed E-state index contributed by atoms with van der Waals surface area (Å²) in [6, 6.07) is 0. The molecule has 0 aromatic rings. The van der Waals surface area contributed by atoms with Crippen LogP contribution >= 0.6 is 0 Å². The summed E-state index contributed by atoms with van der Waals surface area (Å²) < 4.78 is 7.01. The number of aliphatic hydroxyl groups is 1. The maximum atomic E-state index is 11.3. The first-order valence-corrected chi connectivity index (χ1v) is 14.4. The van der Waals surface area contributed by atoms with Crippen LogP contribution in [0.25, 0.3) is 0 Å². The van der Waals surface area contributed by atoms with E-state index in [2.05, 4.69) is 47.4 Å². The Morgan fingerprint density at radius 1 is 1.00 bits per heavy atom. The van der Waals surface area contributed by atoms with Gasteiger partial charge in [0.25, 0.3) is 0 Å². The molecule has 0 aromatic carbocycles. The standard InChI is InChI=1S/C24H42O2Si/c1-16-8-9-20-18-12-14-23(5)19(17(18)13-15-24(16,20)25)10-11-21(23)26-27(6,7)22(2,3)4/h17-21,25H,1,8-15H2,2-7H3/t17-,18+,19+,20-,21+,23+,24+/m1/s1. The fourth-order valence-corrected chi connectivity index (χ4v) is 8.73. The van der Waals surface area contributed by atoms with E-state index in [1.54, 1.807) is 0 Å². The first kappa shape index (κ1) is 20.2. The van der Waals surface area contributed by atoms with Crippen LogP contribution in [-0.4, -0.2) is 25.1 Å². The highest BCUT2D eigenvalue weighted by Crippen LogP contribution is 2.65. The summed E-state index contributed by atoms with van der Waals surface area (Å²) in [7, 11) is -1.73. The molecule has 0 bridgehead atoms. The van der Waals surface area contributed by atoms with Crippen molar-refractivity contribution in [1.82, 2.24) is 0 Å². The Kier molecular flexibility index (Phi) is 4.62. The van der Waals surface area contributed by atoms with Crippen LogP contribution in [-0.2, 0) is 4.43 Å². The van der Waals surface area contributed by atoms with Crippen LogP contribution in [0.2, 0.25) is 18.1 Å². The number of fused-ring (bicyclic) bond motifs is 5. The van der Waals surface area contributed by atoms with Crippen LogP contribution in [0.1, 0.15) is 79.1 Å². The maximum Gasteiger partial charge on any atom is 0.192 e. The minimum absolute atomic E-state index is 0.282. The highest BCUT2D eigenvalue weighted by Gasteiger charge is 2.61. The van der Waals surface area contributed by atoms with Gasteiger partial charge in [0.2, 0.25) is 0 Å². The lowest BCUT2D eigenvalue weighted by Crippen LogP contribution is -2.54. The van der Waals surface area contributed by atoms with Gasteiger partial charge in [-0.2, -0.15) is 0 Å². The Bertz CT molecular complexity index is 620. The van der Waals surface area contributed by atoms with Gasteiger partial charge < -0.3 is 9.53 Å². The van der Waals surface area contributed by atoms with Gasteiger partial charge in [0, 0.05) is 0 Å². The van der Waals surface area contributed by atoms with E-state index in [1.807, 2.05) is 0 Å². The molecule has 0 aromatic heterocycles. The molecule has 4 saturated carbocycles. The van der Waals surface area contributed by atoms with Crippen LogP contribution in [0.4, 0.5) is 0 Å². The highest BCUT2D eigenvalue weighted by atomic mass is 28.4. The number of rotatable bonds is 2. The summed E-state index contributed by atoms with van der Waals surface area (Å²) in [4.78, 5) is 0. The van der Waals surface area contributed by atoms with Crippen LogP contribution in [0.3, 0.4) is 0 Å². The fraction of sp³-hybridized carbons (Fsp3) is 0.917. The van der Waals surface area contributed by atoms with Gasteiger partial charge in [0.05, 0.1) is 11.7 Å². The topological polar surface area (TPSA) is 29.5 Å². The Balaban J connectivity index is 1.55. The molecule has 0 unspecified atom stereocenters. The van der Waals surface area contributed by atoms with Gasteiger partial charge in [-0.1, -0.05) is 34.3 Å². The second-order valence-corrected chi connectivity index (χ2v) is 16.9. The molecule has 0 amide bonds. The van der Waals surface area contributed by atoms with Crippen molar-refractivity contribution >= 4 is 8.32 Å². The lowest BCUT2D eigenvalue weighted by molar-refractivity contribution is -0.112. The van der Waals surface area contributed by atoms with Crippen molar-refractivity contribution in [3.8, 4) is 0 Å². The lowest BCUT2D eigenvalue weighted by Gasteiger charge is -2.56. The molecule has 4 aliphatic carbocycles. The molecule has 4 aliphatic rings. The van der Waals surface area contributed by atoms with Crippen molar-refractivity contribution in [3.05, 3.63) is 12.2 Å². The number of hydrogen-bond donors (Lipinski definition) is 1. The summed E-state index contributed by atoms with van der Waals surface area (Å²) in [5.74, 6) is 2.79. The lowest BCUT2D eigenvalue weighted by atomic mass is 9.51. The van der Waals surface area contributed by atoms with Gasteiger partial charge >= 0.3 is 0 Å². The Morgan fingerprint density at radius 2 is 1.63 bits per heavy atom. The molecule has 0 radical (unpaired) electrons. The van der Waals surface area contributed by atoms with E-state index in [4.69, 9.17) is 4.43 Å². The molecule has 0 aliphatic heterocycles. The largest absolute Gasteiger partial charge is 0.413 e. The molecular weight excluding hydrogens is 348 g/mol. The van der Waals surface area contributed by atoms with Gasteiger partial charge in [-0.05, 0) is 104 Å². The predicted molar refractivity (Wildman–Crippen MR) is 115 cm³/mol. The van der Waals surface area contributed by atoms with Crippen LogP contribution in [0.15, 0.2) is 12.2 Å². The van der Waals surface area contributed by atoms with Crippen LogP contribution < -0.4 is 0 Å². The molecule has 1 N–H and O–H groups in total. The van der Waals surface area contributed by atoms with Gasteiger partial charge in [0.1, 0.15) is 0 Å². The normalized spacial score (nSPS) is 47.5. The highest BCUT2D eigenvalue weighted by molar-refractivity contribution is 6.74. The van der Waals surface area contributed by atoms with Crippen LogP contribution in [0, 0.1) is 29.1 Å². The minimum atomic E-state index is -1.73. The summed E-state index contributed by atoms with van der Waals surface area (Å²) in [6.45, 7) is 18.7. The summed E-state index contributed by atoms with van der Waals surface area (Å²) in [5.41, 5.74) is 0.941. The van der Waals surface area contributed by atoms with Gasteiger partial charge in [-0.15, -0.1) is 0 Å². The molecule has 0 heterocycles. The van der Waals surface area contributed by atoms with Gasteiger partial charge in [0.15, 0.2) is 8.32 Å². The second kappa shape index (κ2) is 6.19. The third-order valence-electron chi connectivity index (χ3n) is 10.0. The predicted octanol–water partition coefficient (Wildman–Crippen LogP) is 6.31. The summed E-state index contributed by atoms with van der Waals surface area (Å²) in [6.07, 6.45) is 9.98. The quantitative estimate of drug-likeness (QED) is 0.442. The summed E-state index contributed by atoms with van der Waals surface area (Å²) in [5, 5.41) is 11.6. The molecule has 2 nitrogen and oxygen atoms in total. The fourth-order valence-electron chi connectivity index (χ4n) is 7.27. The molecule has 4 rings (SSSR count). The average Bonchev–Trinajstić information content (AvgIpc) is 3.04. The van der Waals surface area contributed by atoms with E-state index >= 15 is 0 Å². The number of hydrogen-bond acceptors (Lipinski definition) is 2. The van der Waals surface area contributed by atoms with Crippen molar-refractivity contribution in [2.45, 2.75) is 109 Å². The zero-order valence-electron chi connectivity index (χ0n) is 18.6. The van der Waals surface area contributed by atoms with E-state index in [-0.39, 0.29) is 5.04 Å². The molecule has 27 heavy (non-hydrogen) atoms. The zero-order chi connectivity index (χ0) is 19.8. The van der Waals surface area contributed by atoms with Crippen molar-refractivity contribution in [2.24, 2.45) is 29.1 Å². The minimum Gasteiger partial charge on any atom is -0.413 e. The average molecular weight is 391 g/mol. The van der Waals surface area contributed by atoms with Crippen LogP contribution in [0.5, 0.6) is 0 Å². The van der Waals surface area contributed by atoms with Crippen molar-refractivity contribution < 1.29 is 9.53 Å². The molecule has 7 atom stereocenters. The van der Waals surface area contributed by atoms with Crippen molar-refractivity contribution in [1.29, 1.82) is 0 Å². The van der Waals surface area contributed by atoms with E-state index in [9.17, 15) is 5.11 Å². The third kappa shape index (κ3) is 2.86. The first-order chi connectivity index (χ1) is 12.4. The van der Waals surface area contributed by atoms with E-state index in [1.165, 1.54) is 38.5 Å². The smallest absolute Gasteiger partial charge is 0.192 e. The Hall–Kier alpha value is -0.123. The van der Waals surface area contributed by atoms with Gasteiger partial charge in [-0.3, -0.25) is 0 Å². The van der Waals surface area contributed by atoms with E-state index < -0.39 is 13.9 Å². The Morgan fingerprint density at radius 3 is 2.30 bits per heavy atom. The van der Waals surface area contributed by atoms with E-state index in [0.29, 0.717) is 23.4 Å². The summed E-state index contributed by atoms with van der Waals surface area (Å²) >= 11 is 0. The van der Waals surface area contributed by atoms with Crippen molar-refractivity contribution in [3.63, 3.8) is 0 Å². The third-order valence-corrected chi connectivity index (χ3v) is 14.5. The van der Waals surface area contributed by atoms with E-state index in [0.717, 1.165) is 30.3 Å². The molecule has 0 saturated heterocycles. The molecule has 3 heteroatoms. The maximum absolute atomic E-state index is 11.3. The second-order valence-electron chi connectivity index (χ2n) is 12.1. The van der Waals surface area contributed by atoms with Crippen molar-refractivity contribution in [2.75, 3.05) is 0 Å². The molecular formula is C24H42O2Si. The first-order valence-electron chi connectivity index (χ1n) is 11.5. The molecule has 154 valence electrons. The molecule has 4 fully saturated rings. The van der Waals surface area contributed by atoms with Gasteiger partial charge in [-0.25, -0.2) is 0 Å². The monoisotopic (exact) mass is 390 g/mol. The Labute approximate surface area is 168 Å². The SMILES string of the molecule is C=C1CC[C@@H]2[C@H]3CC[C@]4(C)[C@@H](O[Si](C)(C)C(C)(C)C)CC[C@H]4[C@@H]3CC[C@]12O. The zero-order valence-corrected chi connectivity index (χ0v) is 19.6.